The first-order valence-corrected chi connectivity index (χ1v) is 6.24. The first kappa shape index (κ1) is 16.3. The summed E-state index contributed by atoms with van der Waals surface area (Å²) in [5.74, 6) is -0.956. The molecule has 8 heteroatoms. The van der Waals surface area contributed by atoms with E-state index in [2.05, 4.69) is 15.8 Å². The molecule has 0 aliphatic heterocycles. The number of nitrogens with one attached hydrogen (secondary N) is 2. The van der Waals surface area contributed by atoms with Crippen molar-refractivity contribution >= 4 is 23.7 Å². The highest BCUT2D eigenvalue weighted by molar-refractivity contribution is 5.97. The summed E-state index contributed by atoms with van der Waals surface area (Å²) >= 11 is 0. The number of benzene rings is 1. The molecule has 112 valence electrons. The maximum Gasteiger partial charge on any atom is 0.270 e. The number of non-ortho nitro benzene ring substituents is 1. The van der Waals surface area contributed by atoms with Crippen LogP contribution < -0.4 is 10.7 Å². The van der Waals surface area contributed by atoms with Gasteiger partial charge in [-0.15, -0.1) is 0 Å². The molecule has 2 amide bonds. The van der Waals surface area contributed by atoms with Crippen molar-refractivity contribution in [3.63, 3.8) is 0 Å². The van der Waals surface area contributed by atoms with Crippen molar-refractivity contribution in [1.29, 1.82) is 0 Å². The highest BCUT2D eigenvalue weighted by Gasteiger charge is 2.09. The number of nitro benzene ring substituents is 1. The van der Waals surface area contributed by atoms with Crippen molar-refractivity contribution in [2.24, 2.45) is 5.10 Å². The van der Waals surface area contributed by atoms with Gasteiger partial charge in [0.25, 0.3) is 5.69 Å². The number of amides is 2. The Morgan fingerprint density at radius 2 is 2.10 bits per heavy atom. The smallest absolute Gasteiger partial charge is 0.270 e. The Morgan fingerprint density at radius 3 is 2.71 bits per heavy atom. The largest absolute Gasteiger partial charge is 0.353 e. The molecule has 0 aromatic heterocycles. The SMILES string of the molecule is CC(C)NC(=O)CC(=O)N/N=C\c1cccc([N+](=O)[O-])c1. The van der Waals surface area contributed by atoms with Gasteiger partial charge >= 0.3 is 0 Å². The number of carbonyl (C=O) groups is 2. The van der Waals surface area contributed by atoms with Crippen molar-refractivity contribution in [3.8, 4) is 0 Å². The van der Waals surface area contributed by atoms with E-state index < -0.39 is 16.7 Å². The molecule has 2 N–H and O–H groups in total. The summed E-state index contributed by atoms with van der Waals surface area (Å²) in [5.41, 5.74) is 2.58. The summed E-state index contributed by atoms with van der Waals surface area (Å²) in [5, 5.41) is 16.8. The first-order valence-electron chi connectivity index (χ1n) is 6.24. The van der Waals surface area contributed by atoms with Crippen LogP contribution in [0.5, 0.6) is 0 Å². The first-order chi connectivity index (χ1) is 9.88. The Labute approximate surface area is 121 Å². The van der Waals surface area contributed by atoms with Gasteiger partial charge in [0.15, 0.2) is 0 Å². The maximum absolute atomic E-state index is 11.4. The van der Waals surface area contributed by atoms with Gasteiger partial charge in [0, 0.05) is 23.7 Å². The minimum atomic E-state index is -0.560. The fourth-order valence-corrected chi connectivity index (χ4v) is 1.46. The van der Waals surface area contributed by atoms with Gasteiger partial charge in [-0.1, -0.05) is 12.1 Å². The number of hydrogen-bond donors (Lipinski definition) is 2. The third-order valence-corrected chi connectivity index (χ3v) is 2.25. The number of hydrazone groups is 1. The Morgan fingerprint density at radius 1 is 1.38 bits per heavy atom. The van der Waals surface area contributed by atoms with Gasteiger partial charge in [0.2, 0.25) is 11.8 Å². The number of nitro groups is 1. The highest BCUT2D eigenvalue weighted by atomic mass is 16.6. The molecule has 0 atom stereocenters. The van der Waals surface area contributed by atoms with E-state index in [1.54, 1.807) is 19.9 Å². The van der Waals surface area contributed by atoms with E-state index in [1.807, 2.05) is 0 Å². The molecule has 0 saturated carbocycles. The van der Waals surface area contributed by atoms with Crippen LogP contribution >= 0.6 is 0 Å². The lowest BCUT2D eigenvalue weighted by atomic mass is 10.2. The van der Waals surface area contributed by atoms with Gasteiger partial charge < -0.3 is 5.32 Å². The topological polar surface area (TPSA) is 114 Å². The predicted molar refractivity (Wildman–Crippen MR) is 76.7 cm³/mol. The number of rotatable bonds is 6. The van der Waals surface area contributed by atoms with Crippen LogP contribution in [0.1, 0.15) is 25.8 Å². The quantitative estimate of drug-likeness (QED) is 0.352. The van der Waals surface area contributed by atoms with Gasteiger partial charge in [-0.2, -0.15) is 5.10 Å². The molecule has 21 heavy (non-hydrogen) atoms. The Bertz CT molecular complexity index is 569. The van der Waals surface area contributed by atoms with Gasteiger partial charge in [0.05, 0.1) is 11.1 Å². The summed E-state index contributed by atoms with van der Waals surface area (Å²) in [6.07, 6.45) is 0.940. The maximum atomic E-state index is 11.4. The van der Waals surface area contributed by atoms with E-state index in [4.69, 9.17) is 0 Å². The molecular formula is C13H16N4O4. The molecule has 0 bridgehead atoms. The van der Waals surface area contributed by atoms with Gasteiger partial charge in [-0.05, 0) is 13.8 Å². The van der Waals surface area contributed by atoms with E-state index in [0.29, 0.717) is 5.56 Å². The van der Waals surface area contributed by atoms with Crippen molar-refractivity contribution in [2.75, 3.05) is 0 Å². The lowest BCUT2D eigenvalue weighted by Crippen LogP contribution is -2.34. The summed E-state index contributed by atoms with van der Waals surface area (Å²) < 4.78 is 0. The van der Waals surface area contributed by atoms with Crippen LogP contribution in [0.3, 0.4) is 0 Å². The number of nitrogens with zero attached hydrogens (tertiary/aromatic N) is 2. The van der Waals surface area contributed by atoms with Crippen molar-refractivity contribution in [2.45, 2.75) is 26.3 Å². The zero-order chi connectivity index (χ0) is 15.8. The molecule has 1 rings (SSSR count). The van der Waals surface area contributed by atoms with E-state index >= 15 is 0 Å². The van der Waals surface area contributed by atoms with Gasteiger partial charge in [-0.25, -0.2) is 5.43 Å². The lowest BCUT2D eigenvalue weighted by molar-refractivity contribution is -0.384. The third-order valence-electron chi connectivity index (χ3n) is 2.25. The van der Waals surface area contributed by atoms with E-state index in [-0.39, 0.29) is 18.2 Å². The Kier molecular flexibility index (Phi) is 5.99. The minimum Gasteiger partial charge on any atom is -0.353 e. The van der Waals surface area contributed by atoms with Crippen LogP contribution in [0.4, 0.5) is 5.69 Å². The van der Waals surface area contributed by atoms with Crippen molar-refractivity contribution < 1.29 is 14.5 Å². The molecule has 0 spiro atoms. The predicted octanol–water partition coefficient (Wildman–Crippen LogP) is 0.960. The summed E-state index contributed by atoms with van der Waals surface area (Å²) in [6.45, 7) is 3.58. The number of carbonyl (C=O) groups excluding carboxylic acids is 2. The van der Waals surface area contributed by atoms with E-state index in [0.717, 1.165) is 0 Å². The van der Waals surface area contributed by atoms with Crippen LogP contribution in [-0.4, -0.2) is 29.0 Å². The normalized spacial score (nSPS) is 10.6. The Balaban J connectivity index is 2.51. The monoisotopic (exact) mass is 292 g/mol. The second-order valence-electron chi connectivity index (χ2n) is 4.54. The summed E-state index contributed by atoms with van der Waals surface area (Å²) in [4.78, 5) is 32.8. The van der Waals surface area contributed by atoms with Crippen LogP contribution in [-0.2, 0) is 9.59 Å². The second kappa shape index (κ2) is 7.73. The second-order valence-corrected chi connectivity index (χ2v) is 4.54. The standard InChI is InChI=1S/C13H16N4O4/c1-9(2)15-12(18)7-13(19)16-14-8-10-4-3-5-11(6-10)17(20)21/h3-6,8-9H,7H2,1-2H3,(H,15,18)(H,16,19)/b14-8-. The third kappa shape index (κ3) is 6.28. The average Bonchev–Trinajstić information content (AvgIpc) is 2.37. The molecule has 0 aliphatic rings. The molecular weight excluding hydrogens is 276 g/mol. The molecule has 8 nitrogen and oxygen atoms in total. The van der Waals surface area contributed by atoms with E-state index in [1.165, 1.54) is 24.4 Å². The Hall–Kier alpha value is -2.77. The summed E-state index contributed by atoms with van der Waals surface area (Å²) in [7, 11) is 0. The van der Waals surface area contributed by atoms with Crippen LogP contribution in [0.25, 0.3) is 0 Å². The molecule has 0 fully saturated rings. The number of hydrogen-bond acceptors (Lipinski definition) is 5. The van der Waals surface area contributed by atoms with E-state index in [9.17, 15) is 19.7 Å². The summed E-state index contributed by atoms with van der Waals surface area (Å²) in [6, 6.07) is 5.75. The zero-order valence-corrected chi connectivity index (χ0v) is 11.7. The molecule has 1 aromatic rings. The fraction of sp³-hybridized carbons (Fsp3) is 0.308. The zero-order valence-electron chi connectivity index (χ0n) is 11.7. The lowest BCUT2D eigenvalue weighted by Gasteiger charge is -2.06. The molecule has 0 heterocycles. The molecule has 0 unspecified atom stereocenters. The van der Waals surface area contributed by atoms with Crippen molar-refractivity contribution in [3.05, 3.63) is 39.9 Å². The van der Waals surface area contributed by atoms with Crippen molar-refractivity contribution in [1.82, 2.24) is 10.7 Å². The van der Waals surface area contributed by atoms with Crippen LogP contribution in [0.2, 0.25) is 0 Å². The van der Waals surface area contributed by atoms with Crippen LogP contribution in [0.15, 0.2) is 29.4 Å². The molecule has 0 radical (unpaired) electrons. The highest BCUT2D eigenvalue weighted by Crippen LogP contribution is 2.11. The van der Waals surface area contributed by atoms with Gasteiger partial charge in [-0.3, -0.25) is 19.7 Å². The fourth-order valence-electron chi connectivity index (χ4n) is 1.46. The van der Waals surface area contributed by atoms with Crippen LogP contribution in [0, 0.1) is 10.1 Å². The average molecular weight is 292 g/mol. The molecule has 1 aromatic carbocycles. The van der Waals surface area contributed by atoms with Gasteiger partial charge in [0.1, 0.15) is 6.42 Å². The molecule has 0 saturated heterocycles. The molecule has 0 aliphatic carbocycles. The minimum absolute atomic E-state index is 0.0429.